The van der Waals surface area contributed by atoms with Gasteiger partial charge in [-0.15, -0.1) is 0 Å². The number of amides is 1. The molecule has 1 atom stereocenters. The number of ether oxygens (including phenoxy) is 1. The molecule has 1 saturated heterocycles. The second-order valence-electron chi connectivity index (χ2n) is 3.61. The molecule has 0 saturated carbocycles. The van der Waals surface area contributed by atoms with Crippen molar-refractivity contribution >= 4 is 5.91 Å². The van der Waals surface area contributed by atoms with Crippen molar-refractivity contribution in [2.45, 2.75) is 12.5 Å². The van der Waals surface area contributed by atoms with E-state index >= 15 is 0 Å². The summed E-state index contributed by atoms with van der Waals surface area (Å²) in [5, 5.41) is 3.16. The summed E-state index contributed by atoms with van der Waals surface area (Å²) >= 11 is 0. The molecule has 0 aromatic heterocycles. The van der Waals surface area contributed by atoms with Gasteiger partial charge in [-0.05, 0) is 6.42 Å². The van der Waals surface area contributed by atoms with E-state index in [9.17, 15) is 4.79 Å². The highest BCUT2D eigenvalue weighted by atomic mass is 16.5. The molecule has 1 amide bonds. The maximum Gasteiger partial charge on any atom is 0.253 e. The highest BCUT2D eigenvalue weighted by molar-refractivity contribution is 5.81. The molecule has 14 heavy (non-hydrogen) atoms. The maximum atomic E-state index is 11.9. The second kappa shape index (κ2) is 4.57. The van der Waals surface area contributed by atoms with E-state index in [-0.39, 0.29) is 12.0 Å². The Morgan fingerprint density at radius 3 is 3.07 bits per heavy atom. The van der Waals surface area contributed by atoms with Gasteiger partial charge in [0.15, 0.2) is 0 Å². The number of rotatable bonds is 1. The van der Waals surface area contributed by atoms with E-state index in [2.05, 4.69) is 11.4 Å². The quantitative estimate of drug-likeness (QED) is 0.589. The highest BCUT2D eigenvalue weighted by Crippen LogP contribution is 2.07. The van der Waals surface area contributed by atoms with E-state index in [1.165, 1.54) is 0 Å². The van der Waals surface area contributed by atoms with E-state index < -0.39 is 0 Å². The van der Waals surface area contributed by atoms with E-state index in [4.69, 9.17) is 4.74 Å². The van der Waals surface area contributed by atoms with Gasteiger partial charge in [0.05, 0.1) is 6.61 Å². The monoisotopic (exact) mass is 196 g/mol. The molecule has 4 nitrogen and oxygen atoms in total. The average Bonchev–Trinajstić information content (AvgIpc) is 2.30. The number of nitrogens with one attached hydrogen (secondary N) is 1. The number of nitrogens with zero attached hydrogens (tertiary/aromatic N) is 1. The zero-order valence-electron chi connectivity index (χ0n) is 8.24. The Balaban J connectivity index is 1.89. The minimum atomic E-state index is -0.268. The highest BCUT2D eigenvalue weighted by Gasteiger charge is 2.26. The molecule has 1 N–H and O–H groups in total. The standard InChI is InChI=1S/C10H16N2O2/c13-10(9-8-11-4-7-14-9)12-5-2-1-3-6-12/h1-2,9,11H,3-8H2. The van der Waals surface area contributed by atoms with Crippen LogP contribution in [0.15, 0.2) is 12.2 Å². The Labute approximate surface area is 83.9 Å². The Morgan fingerprint density at radius 1 is 1.50 bits per heavy atom. The van der Waals surface area contributed by atoms with Crippen LogP contribution in [0.3, 0.4) is 0 Å². The van der Waals surface area contributed by atoms with Crippen LogP contribution in [0.4, 0.5) is 0 Å². The lowest BCUT2D eigenvalue weighted by Gasteiger charge is -2.30. The molecule has 78 valence electrons. The van der Waals surface area contributed by atoms with Crippen molar-refractivity contribution in [2.24, 2.45) is 0 Å². The van der Waals surface area contributed by atoms with Gasteiger partial charge in [-0.1, -0.05) is 12.2 Å². The van der Waals surface area contributed by atoms with Crippen molar-refractivity contribution < 1.29 is 9.53 Å². The van der Waals surface area contributed by atoms with E-state index in [0.29, 0.717) is 13.2 Å². The first-order valence-electron chi connectivity index (χ1n) is 5.14. The first-order valence-corrected chi connectivity index (χ1v) is 5.14. The lowest BCUT2D eigenvalue weighted by atomic mass is 10.2. The van der Waals surface area contributed by atoms with Crippen molar-refractivity contribution in [1.29, 1.82) is 0 Å². The number of hydrogen-bond acceptors (Lipinski definition) is 3. The average molecular weight is 196 g/mol. The summed E-state index contributed by atoms with van der Waals surface area (Å²) in [5.41, 5.74) is 0. The molecule has 0 aromatic carbocycles. The SMILES string of the molecule is O=C(C1CNCCO1)N1CC=CCC1. The summed E-state index contributed by atoms with van der Waals surface area (Å²) in [6, 6.07) is 0. The van der Waals surface area contributed by atoms with Crippen molar-refractivity contribution in [2.75, 3.05) is 32.8 Å². The molecule has 1 unspecified atom stereocenters. The maximum absolute atomic E-state index is 11.9. The summed E-state index contributed by atoms with van der Waals surface area (Å²) < 4.78 is 5.42. The van der Waals surface area contributed by atoms with Crippen molar-refractivity contribution in [3.8, 4) is 0 Å². The van der Waals surface area contributed by atoms with Gasteiger partial charge in [-0.2, -0.15) is 0 Å². The number of morpholine rings is 1. The van der Waals surface area contributed by atoms with Gasteiger partial charge < -0.3 is 15.0 Å². The van der Waals surface area contributed by atoms with Crippen molar-refractivity contribution in [3.05, 3.63) is 12.2 Å². The predicted molar refractivity (Wildman–Crippen MR) is 52.9 cm³/mol. The summed E-state index contributed by atoms with van der Waals surface area (Å²) in [6.45, 7) is 3.71. The van der Waals surface area contributed by atoms with Gasteiger partial charge in [0, 0.05) is 26.2 Å². The Morgan fingerprint density at radius 2 is 2.43 bits per heavy atom. The Bertz CT molecular complexity index is 234. The summed E-state index contributed by atoms with van der Waals surface area (Å²) in [4.78, 5) is 13.7. The smallest absolute Gasteiger partial charge is 0.253 e. The Kier molecular flexibility index (Phi) is 3.16. The van der Waals surface area contributed by atoms with Crippen LogP contribution in [0.5, 0.6) is 0 Å². The zero-order chi connectivity index (χ0) is 9.80. The van der Waals surface area contributed by atoms with E-state index in [1.54, 1.807) is 0 Å². The zero-order valence-corrected chi connectivity index (χ0v) is 8.24. The lowest BCUT2D eigenvalue weighted by Crippen LogP contribution is -2.50. The van der Waals surface area contributed by atoms with Gasteiger partial charge >= 0.3 is 0 Å². The van der Waals surface area contributed by atoms with Crippen LogP contribution in [-0.4, -0.2) is 49.7 Å². The summed E-state index contributed by atoms with van der Waals surface area (Å²) in [5.74, 6) is 0.126. The largest absolute Gasteiger partial charge is 0.366 e. The molecule has 2 aliphatic rings. The van der Waals surface area contributed by atoms with Crippen LogP contribution < -0.4 is 5.32 Å². The third-order valence-corrected chi connectivity index (χ3v) is 2.57. The minimum Gasteiger partial charge on any atom is -0.366 e. The molecule has 0 aliphatic carbocycles. The normalized spacial score (nSPS) is 27.7. The fourth-order valence-electron chi connectivity index (χ4n) is 1.77. The minimum absolute atomic E-state index is 0.126. The molecule has 4 heteroatoms. The van der Waals surface area contributed by atoms with Crippen LogP contribution in [0.25, 0.3) is 0 Å². The molecule has 0 aromatic rings. The Hall–Kier alpha value is -0.870. The van der Waals surface area contributed by atoms with E-state index in [1.807, 2.05) is 11.0 Å². The molecular formula is C10H16N2O2. The number of carbonyl (C=O) groups is 1. The van der Waals surface area contributed by atoms with Crippen LogP contribution in [0.1, 0.15) is 6.42 Å². The fourth-order valence-corrected chi connectivity index (χ4v) is 1.77. The molecule has 0 radical (unpaired) electrons. The first-order chi connectivity index (χ1) is 6.88. The molecule has 2 heterocycles. The van der Waals surface area contributed by atoms with Crippen molar-refractivity contribution in [1.82, 2.24) is 10.2 Å². The van der Waals surface area contributed by atoms with Gasteiger partial charge in [0.25, 0.3) is 5.91 Å². The van der Waals surface area contributed by atoms with E-state index in [0.717, 1.165) is 26.1 Å². The first kappa shape index (κ1) is 9.68. The summed E-state index contributed by atoms with van der Waals surface area (Å²) in [7, 11) is 0. The van der Waals surface area contributed by atoms with Crippen LogP contribution in [0, 0.1) is 0 Å². The lowest BCUT2D eigenvalue weighted by molar-refractivity contribution is -0.144. The predicted octanol–water partition coefficient (Wildman–Crippen LogP) is -0.237. The molecule has 2 aliphatic heterocycles. The number of hydrogen-bond donors (Lipinski definition) is 1. The molecule has 1 fully saturated rings. The third-order valence-electron chi connectivity index (χ3n) is 2.57. The van der Waals surface area contributed by atoms with Crippen LogP contribution in [0.2, 0.25) is 0 Å². The topological polar surface area (TPSA) is 41.6 Å². The van der Waals surface area contributed by atoms with Gasteiger partial charge in [-0.25, -0.2) is 0 Å². The van der Waals surface area contributed by atoms with Crippen LogP contribution in [-0.2, 0) is 9.53 Å². The van der Waals surface area contributed by atoms with Gasteiger partial charge in [0.2, 0.25) is 0 Å². The second-order valence-corrected chi connectivity index (χ2v) is 3.61. The summed E-state index contributed by atoms with van der Waals surface area (Å²) in [6.07, 6.45) is 4.85. The van der Waals surface area contributed by atoms with Gasteiger partial charge in [0.1, 0.15) is 6.10 Å². The molecule has 2 rings (SSSR count). The third kappa shape index (κ3) is 2.13. The van der Waals surface area contributed by atoms with Crippen molar-refractivity contribution in [3.63, 3.8) is 0 Å². The fraction of sp³-hybridized carbons (Fsp3) is 0.700. The molecule has 0 bridgehead atoms. The molecule has 0 spiro atoms. The number of carbonyl (C=O) groups excluding carboxylic acids is 1. The van der Waals surface area contributed by atoms with Gasteiger partial charge in [-0.3, -0.25) is 4.79 Å². The van der Waals surface area contributed by atoms with Crippen LogP contribution >= 0.6 is 0 Å². The molecular weight excluding hydrogens is 180 g/mol.